The Morgan fingerprint density at radius 3 is 2.65 bits per heavy atom. The predicted molar refractivity (Wildman–Crippen MR) is 118 cm³/mol. The molecule has 0 spiro atoms. The topological polar surface area (TPSA) is 64.2 Å². The van der Waals surface area contributed by atoms with Gasteiger partial charge in [-0.2, -0.15) is 5.10 Å². The quantitative estimate of drug-likeness (QED) is 0.379. The van der Waals surface area contributed by atoms with Crippen LogP contribution in [0.1, 0.15) is 52.8 Å². The third-order valence-electron chi connectivity index (χ3n) is 6.91. The largest absolute Gasteiger partial charge is 0.441 e. The number of rotatable bonds is 2. The van der Waals surface area contributed by atoms with E-state index >= 15 is 0 Å². The number of hydrogen-bond donors (Lipinski definition) is 0. The first-order chi connectivity index (χ1) is 16.3. The number of nitrogens with zero attached hydrogens (tertiary/aromatic N) is 4. The fraction of sp³-hybridized carbons (Fsp3) is 0.320. The third kappa shape index (κ3) is 3.06. The van der Waals surface area contributed by atoms with E-state index < -0.39 is 17.5 Å². The Bertz CT molecular complexity index is 1450. The second-order valence-corrected chi connectivity index (χ2v) is 9.02. The van der Waals surface area contributed by atoms with Crippen molar-refractivity contribution in [3.05, 3.63) is 70.5 Å². The van der Waals surface area contributed by atoms with E-state index in [-0.39, 0.29) is 23.6 Å². The summed E-state index contributed by atoms with van der Waals surface area (Å²) in [6, 6.07) is 6.92. The molecule has 6 nitrogen and oxygen atoms in total. The summed E-state index contributed by atoms with van der Waals surface area (Å²) in [7, 11) is 1.70. The second-order valence-electron chi connectivity index (χ2n) is 9.02. The van der Waals surface area contributed by atoms with E-state index in [9.17, 15) is 18.0 Å². The summed E-state index contributed by atoms with van der Waals surface area (Å²) >= 11 is 0. The lowest BCUT2D eigenvalue weighted by Crippen LogP contribution is -2.49. The third-order valence-corrected chi connectivity index (χ3v) is 6.91. The number of aromatic nitrogens is 3. The molecular formula is C25H21F3N4O2. The average molecular weight is 466 g/mol. The minimum atomic E-state index is -1.49. The van der Waals surface area contributed by atoms with E-state index in [1.807, 2.05) is 4.90 Å². The number of carbonyl (C=O) groups is 1. The SMILES string of the molecule is Cc1nc2ccc(C(=O)N3[C@@H]4CCC[C@H]3c3nn(C)c(-c5cc(F)c(F)c(F)c5)c3C4)cc2o1. The first-order valence-electron chi connectivity index (χ1n) is 11.2. The number of benzene rings is 2. The molecule has 34 heavy (non-hydrogen) atoms. The van der Waals surface area contributed by atoms with Gasteiger partial charge in [0.05, 0.1) is 17.4 Å². The predicted octanol–water partition coefficient (Wildman–Crippen LogP) is 5.25. The summed E-state index contributed by atoms with van der Waals surface area (Å²) in [6.45, 7) is 1.76. The van der Waals surface area contributed by atoms with Crippen LogP contribution in [0.4, 0.5) is 13.2 Å². The molecule has 0 radical (unpaired) electrons. The lowest BCUT2D eigenvalue weighted by Gasteiger charge is -2.45. The van der Waals surface area contributed by atoms with Crippen LogP contribution in [0.15, 0.2) is 34.7 Å². The van der Waals surface area contributed by atoms with Crippen LogP contribution in [0.5, 0.6) is 0 Å². The highest BCUT2D eigenvalue weighted by Crippen LogP contribution is 2.45. The van der Waals surface area contributed by atoms with Crippen molar-refractivity contribution in [1.29, 1.82) is 0 Å². The zero-order valence-electron chi connectivity index (χ0n) is 18.6. The molecule has 0 aliphatic carbocycles. The van der Waals surface area contributed by atoms with Crippen LogP contribution < -0.4 is 0 Å². The van der Waals surface area contributed by atoms with Crippen molar-refractivity contribution in [3.8, 4) is 11.3 Å². The Labute approximate surface area is 193 Å². The molecule has 1 fully saturated rings. The number of amides is 1. The fourth-order valence-electron chi connectivity index (χ4n) is 5.52. The molecule has 0 unspecified atom stereocenters. The minimum Gasteiger partial charge on any atom is -0.441 e. The summed E-state index contributed by atoms with van der Waals surface area (Å²) < 4.78 is 48.7. The van der Waals surface area contributed by atoms with Crippen molar-refractivity contribution in [2.75, 3.05) is 0 Å². The molecule has 1 saturated heterocycles. The molecule has 2 aromatic carbocycles. The van der Waals surface area contributed by atoms with Crippen LogP contribution in [0.3, 0.4) is 0 Å². The van der Waals surface area contributed by atoms with Gasteiger partial charge in [-0.1, -0.05) is 0 Å². The van der Waals surface area contributed by atoms with Crippen LogP contribution in [0, 0.1) is 24.4 Å². The van der Waals surface area contributed by atoms with Gasteiger partial charge in [-0.15, -0.1) is 0 Å². The number of hydrogen-bond acceptors (Lipinski definition) is 4. The molecule has 2 aliphatic heterocycles. The highest BCUT2D eigenvalue weighted by molar-refractivity contribution is 5.97. The van der Waals surface area contributed by atoms with Gasteiger partial charge in [0.1, 0.15) is 5.52 Å². The van der Waals surface area contributed by atoms with Crippen molar-refractivity contribution in [1.82, 2.24) is 19.7 Å². The van der Waals surface area contributed by atoms with Gasteiger partial charge in [0.15, 0.2) is 28.9 Å². The van der Waals surface area contributed by atoms with Gasteiger partial charge in [0.25, 0.3) is 5.91 Å². The molecule has 0 saturated carbocycles. The summed E-state index contributed by atoms with van der Waals surface area (Å²) in [5, 5.41) is 4.67. The van der Waals surface area contributed by atoms with Crippen LogP contribution in [0.2, 0.25) is 0 Å². The van der Waals surface area contributed by atoms with Crippen molar-refractivity contribution >= 4 is 17.0 Å². The number of aryl methyl sites for hydroxylation is 2. The molecule has 2 aromatic heterocycles. The van der Waals surface area contributed by atoms with E-state index in [1.54, 1.807) is 36.9 Å². The Kier molecular flexibility index (Phi) is 4.59. The second kappa shape index (κ2) is 7.44. The molecular weight excluding hydrogens is 445 g/mol. The van der Waals surface area contributed by atoms with Gasteiger partial charge in [-0.05, 0) is 56.0 Å². The number of piperidine rings is 1. The smallest absolute Gasteiger partial charge is 0.254 e. The van der Waals surface area contributed by atoms with Crippen LogP contribution in [0.25, 0.3) is 22.4 Å². The Morgan fingerprint density at radius 2 is 1.88 bits per heavy atom. The molecule has 2 atom stereocenters. The standard InChI is InChI=1S/C25H21F3N4O2/c1-12-29-19-7-6-13(10-21(19)34-12)25(33)32-15-4-3-5-20(32)23-16(11-15)24(31(2)30-23)14-8-17(26)22(28)18(27)9-14/h6-10,15,20H,3-5,11H2,1-2H3/t15-,20+/m1/s1. The van der Waals surface area contributed by atoms with Gasteiger partial charge in [0.2, 0.25) is 0 Å². The van der Waals surface area contributed by atoms with Gasteiger partial charge in [0, 0.05) is 36.7 Å². The molecule has 4 heterocycles. The van der Waals surface area contributed by atoms with Gasteiger partial charge in [-0.25, -0.2) is 18.2 Å². The van der Waals surface area contributed by atoms with Gasteiger partial charge in [-0.3, -0.25) is 9.48 Å². The fourth-order valence-corrected chi connectivity index (χ4v) is 5.52. The van der Waals surface area contributed by atoms with Crippen molar-refractivity contribution in [3.63, 3.8) is 0 Å². The van der Waals surface area contributed by atoms with E-state index in [1.165, 1.54) is 0 Å². The maximum absolute atomic E-state index is 14.0. The minimum absolute atomic E-state index is 0.0796. The van der Waals surface area contributed by atoms with E-state index in [2.05, 4.69) is 10.1 Å². The van der Waals surface area contributed by atoms with Crippen molar-refractivity contribution in [2.24, 2.45) is 7.05 Å². The van der Waals surface area contributed by atoms with Crippen molar-refractivity contribution in [2.45, 2.75) is 44.7 Å². The molecule has 2 bridgehead atoms. The maximum atomic E-state index is 14.0. The first kappa shape index (κ1) is 20.9. The van der Waals surface area contributed by atoms with Crippen molar-refractivity contribution < 1.29 is 22.4 Å². The van der Waals surface area contributed by atoms with Gasteiger partial charge >= 0.3 is 0 Å². The molecule has 9 heteroatoms. The molecule has 0 N–H and O–H groups in total. The maximum Gasteiger partial charge on any atom is 0.254 e. The Hall–Kier alpha value is -3.62. The zero-order valence-corrected chi connectivity index (χ0v) is 18.6. The van der Waals surface area contributed by atoms with Crippen LogP contribution in [-0.4, -0.2) is 31.6 Å². The van der Waals surface area contributed by atoms with Crippen LogP contribution in [-0.2, 0) is 13.5 Å². The zero-order chi connectivity index (χ0) is 23.7. The molecule has 174 valence electrons. The monoisotopic (exact) mass is 466 g/mol. The average Bonchev–Trinajstić information content (AvgIpc) is 3.33. The van der Waals surface area contributed by atoms with E-state index in [4.69, 9.17) is 4.42 Å². The number of carbonyl (C=O) groups excluding carboxylic acids is 1. The van der Waals surface area contributed by atoms with E-state index in [0.29, 0.717) is 34.7 Å². The first-order valence-corrected chi connectivity index (χ1v) is 11.2. The molecule has 6 rings (SSSR count). The number of oxazole rings is 1. The summed E-state index contributed by atoms with van der Waals surface area (Å²) in [5.74, 6) is -3.55. The highest BCUT2D eigenvalue weighted by atomic mass is 19.2. The number of halogens is 3. The van der Waals surface area contributed by atoms with Gasteiger partial charge < -0.3 is 9.32 Å². The molecule has 4 aromatic rings. The van der Waals surface area contributed by atoms with E-state index in [0.717, 1.165) is 42.7 Å². The normalized spacial score (nSPS) is 19.5. The lowest BCUT2D eigenvalue weighted by atomic mass is 9.81. The lowest BCUT2D eigenvalue weighted by molar-refractivity contribution is 0.0392. The molecule has 1 amide bonds. The Balaban J connectivity index is 1.42. The molecule has 2 aliphatic rings. The number of fused-ring (bicyclic) bond motifs is 5. The summed E-state index contributed by atoms with van der Waals surface area (Å²) in [4.78, 5) is 19.8. The van der Waals surface area contributed by atoms with Crippen LogP contribution >= 0.6 is 0 Å². The summed E-state index contributed by atoms with van der Waals surface area (Å²) in [6.07, 6.45) is 3.00. The highest BCUT2D eigenvalue weighted by Gasteiger charge is 2.43. The Morgan fingerprint density at radius 1 is 1.12 bits per heavy atom. The summed E-state index contributed by atoms with van der Waals surface area (Å²) in [5.41, 5.74) is 4.14.